The zero-order valence-electron chi connectivity index (χ0n) is 16.2. The smallest absolute Gasteiger partial charge is 0.273 e. The Morgan fingerprint density at radius 2 is 1.81 bits per heavy atom. The monoisotopic (exact) mass is 367 g/mol. The molecule has 142 valence electrons. The highest BCUT2D eigenvalue weighted by Gasteiger charge is 2.19. The van der Waals surface area contributed by atoms with Gasteiger partial charge < -0.3 is 15.0 Å². The Balaban J connectivity index is 2.30. The van der Waals surface area contributed by atoms with Gasteiger partial charge >= 0.3 is 0 Å². The van der Waals surface area contributed by atoms with Crippen LogP contribution in [0, 0.1) is 6.92 Å². The molecule has 1 amide bonds. The summed E-state index contributed by atoms with van der Waals surface area (Å²) in [5.41, 5.74) is 4.56. The van der Waals surface area contributed by atoms with Crippen LogP contribution >= 0.6 is 0 Å². The Labute approximate surface area is 159 Å². The summed E-state index contributed by atoms with van der Waals surface area (Å²) in [6.45, 7) is 4.21. The topological polar surface area (TPSA) is 72.3 Å². The first-order chi connectivity index (χ1) is 13.1. The highest BCUT2D eigenvalue weighted by atomic mass is 16.6. The van der Waals surface area contributed by atoms with Crippen LogP contribution in [0.25, 0.3) is 0 Å². The van der Waals surface area contributed by atoms with Crippen LogP contribution in [0.5, 0.6) is 0 Å². The van der Waals surface area contributed by atoms with Gasteiger partial charge in [-0.05, 0) is 24.5 Å². The summed E-state index contributed by atoms with van der Waals surface area (Å²) in [5.74, 6) is -0.328. The van der Waals surface area contributed by atoms with Crippen LogP contribution in [-0.4, -0.2) is 31.5 Å². The number of carbonyl (C=O) groups excluding carboxylic acids is 1. The summed E-state index contributed by atoms with van der Waals surface area (Å²) in [6, 6.07) is 15.5. The van der Waals surface area contributed by atoms with Gasteiger partial charge in [-0.25, -0.2) is 0 Å². The van der Waals surface area contributed by atoms with Gasteiger partial charge in [0.05, 0.1) is 5.71 Å². The van der Waals surface area contributed by atoms with E-state index in [4.69, 9.17) is 9.68 Å². The Morgan fingerprint density at radius 3 is 2.44 bits per heavy atom. The molecular weight excluding hydrogens is 342 g/mol. The Hall–Kier alpha value is -3.15. The maximum atomic E-state index is 12.2. The number of rotatable bonds is 8. The summed E-state index contributed by atoms with van der Waals surface area (Å²) >= 11 is 0. The number of hydrogen-bond acceptors (Lipinski definition) is 5. The molecule has 0 aliphatic rings. The number of amides is 1. The van der Waals surface area contributed by atoms with Crippen LogP contribution in [-0.2, 0) is 21.1 Å². The first kappa shape index (κ1) is 20.2. The van der Waals surface area contributed by atoms with E-state index < -0.39 is 0 Å². The molecule has 2 aromatic rings. The molecule has 6 heteroatoms. The van der Waals surface area contributed by atoms with Crippen molar-refractivity contribution in [1.82, 2.24) is 5.32 Å². The molecule has 0 spiro atoms. The molecule has 0 radical (unpaired) electrons. The van der Waals surface area contributed by atoms with E-state index in [0.29, 0.717) is 5.56 Å². The van der Waals surface area contributed by atoms with Crippen molar-refractivity contribution >= 4 is 17.3 Å². The van der Waals surface area contributed by atoms with Gasteiger partial charge in [0.2, 0.25) is 0 Å². The number of likely N-dealkylation sites (N-methyl/N-ethyl adjacent to an activating group) is 1. The highest BCUT2D eigenvalue weighted by Crippen LogP contribution is 2.18. The normalized spacial score (nSPS) is 11.9. The molecule has 0 bridgehead atoms. The maximum absolute atomic E-state index is 12.2. The number of benzene rings is 2. The number of nitrogens with one attached hydrogen (secondary N) is 1. The third-order valence-electron chi connectivity index (χ3n) is 4.12. The average molecular weight is 367 g/mol. The maximum Gasteiger partial charge on any atom is 0.273 e. The zero-order chi connectivity index (χ0) is 19.6. The molecule has 0 saturated heterocycles. The van der Waals surface area contributed by atoms with Crippen molar-refractivity contribution in [1.29, 1.82) is 0 Å². The minimum atomic E-state index is -0.328. The fourth-order valence-electron chi connectivity index (χ4n) is 2.67. The van der Waals surface area contributed by atoms with Crippen molar-refractivity contribution in [3.63, 3.8) is 0 Å². The zero-order valence-corrected chi connectivity index (χ0v) is 16.2. The Morgan fingerprint density at radius 1 is 1.07 bits per heavy atom. The summed E-state index contributed by atoms with van der Waals surface area (Å²) in [6.07, 6.45) is 0.749. The molecule has 0 aliphatic heterocycles. The molecule has 0 fully saturated rings. The Kier molecular flexibility index (Phi) is 7.55. The van der Waals surface area contributed by atoms with Crippen LogP contribution < -0.4 is 5.32 Å². The lowest BCUT2D eigenvalue weighted by Crippen LogP contribution is -2.29. The van der Waals surface area contributed by atoms with Gasteiger partial charge in [0.15, 0.2) is 5.71 Å². The van der Waals surface area contributed by atoms with Crippen LogP contribution in [0.1, 0.15) is 35.6 Å². The standard InChI is InChI=1S/C21H25N3O3/c1-5-19(16-11-7-6-8-12-16)23-27-14-18-15(2)10-9-13-17(18)20(24-26-4)21(25)22-3/h6-13H,5,14H2,1-4H3,(H,22,25)/b23-19+,24-20+. The molecule has 2 rings (SSSR count). The van der Waals surface area contributed by atoms with Crippen LogP contribution in [0.3, 0.4) is 0 Å². The van der Waals surface area contributed by atoms with Gasteiger partial charge in [-0.1, -0.05) is 65.8 Å². The second kappa shape index (κ2) is 10.1. The summed E-state index contributed by atoms with van der Waals surface area (Å²) < 4.78 is 0. The summed E-state index contributed by atoms with van der Waals surface area (Å²) in [7, 11) is 2.96. The fraction of sp³-hybridized carbons (Fsp3) is 0.286. The fourth-order valence-corrected chi connectivity index (χ4v) is 2.67. The lowest BCUT2D eigenvalue weighted by molar-refractivity contribution is -0.114. The first-order valence-electron chi connectivity index (χ1n) is 8.78. The van der Waals surface area contributed by atoms with Gasteiger partial charge in [0, 0.05) is 18.2 Å². The van der Waals surface area contributed by atoms with Crippen molar-refractivity contribution in [3.8, 4) is 0 Å². The SMILES string of the molecule is CC/C(=N\OCc1c(C)cccc1/C(=N\OC)C(=O)NC)c1ccccc1. The molecule has 0 atom stereocenters. The van der Waals surface area contributed by atoms with E-state index in [-0.39, 0.29) is 18.2 Å². The Bertz CT molecular complexity index is 830. The molecule has 0 aliphatic carbocycles. The van der Waals surface area contributed by atoms with Gasteiger partial charge in [-0.3, -0.25) is 4.79 Å². The quantitative estimate of drug-likeness (QED) is 0.574. The molecule has 0 aromatic heterocycles. The lowest BCUT2D eigenvalue weighted by Gasteiger charge is -2.13. The number of nitrogens with zero attached hydrogens (tertiary/aromatic N) is 2. The van der Waals surface area contributed by atoms with Crippen molar-refractivity contribution in [2.45, 2.75) is 26.9 Å². The second-order valence-electron chi connectivity index (χ2n) is 5.83. The van der Waals surface area contributed by atoms with E-state index in [1.807, 2.05) is 62.4 Å². The predicted molar refractivity (Wildman–Crippen MR) is 107 cm³/mol. The van der Waals surface area contributed by atoms with Gasteiger partial charge in [0.25, 0.3) is 5.91 Å². The molecule has 0 heterocycles. The molecule has 0 saturated carbocycles. The van der Waals surface area contributed by atoms with E-state index >= 15 is 0 Å². The minimum Gasteiger partial charge on any atom is -0.398 e. The third kappa shape index (κ3) is 5.17. The molecule has 27 heavy (non-hydrogen) atoms. The van der Waals surface area contributed by atoms with Crippen molar-refractivity contribution in [3.05, 3.63) is 70.8 Å². The van der Waals surface area contributed by atoms with Gasteiger partial charge in [0.1, 0.15) is 13.7 Å². The summed E-state index contributed by atoms with van der Waals surface area (Å²) in [4.78, 5) is 22.7. The van der Waals surface area contributed by atoms with E-state index in [0.717, 1.165) is 28.8 Å². The summed E-state index contributed by atoms with van der Waals surface area (Å²) in [5, 5.41) is 10.8. The van der Waals surface area contributed by atoms with Crippen molar-refractivity contribution in [2.75, 3.05) is 14.2 Å². The van der Waals surface area contributed by atoms with Crippen LogP contribution in [0.2, 0.25) is 0 Å². The number of carbonyl (C=O) groups is 1. The van der Waals surface area contributed by atoms with Crippen molar-refractivity contribution in [2.24, 2.45) is 10.3 Å². The largest absolute Gasteiger partial charge is 0.398 e. The van der Waals surface area contributed by atoms with Gasteiger partial charge in [-0.2, -0.15) is 0 Å². The highest BCUT2D eigenvalue weighted by molar-refractivity contribution is 6.45. The van der Waals surface area contributed by atoms with Crippen LogP contribution in [0.4, 0.5) is 0 Å². The van der Waals surface area contributed by atoms with E-state index in [9.17, 15) is 4.79 Å². The number of aryl methyl sites for hydroxylation is 1. The minimum absolute atomic E-state index is 0.199. The van der Waals surface area contributed by atoms with E-state index in [1.165, 1.54) is 7.11 Å². The molecular formula is C21H25N3O3. The molecule has 1 N–H and O–H groups in total. The number of hydrogen-bond donors (Lipinski definition) is 1. The van der Waals surface area contributed by atoms with E-state index in [1.54, 1.807) is 7.05 Å². The predicted octanol–water partition coefficient (Wildman–Crippen LogP) is 3.42. The second-order valence-corrected chi connectivity index (χ2v) is 5.83. The molecule has 2 aromatic carbocycles. The molecule has 6 nitrogen and oxygen atoms in total. The van der Waals surface area contributed by atoms with Gasteiger partial charge in [-0.15, -0.1) is 0 Å². The lowest BCUT2D eigenvalue weighted by atomic mass is 9.98. The number of oxime groups is 2. The van der Waals surface area contributed by atoms with E-state index in [2.05, 4.69) is 15.6 Å². The van der Waals surface area contributed by atoms with Crippen molar-refractivity contribution < 1.29 is 14.5 Å². The average Bonchev–Trinajstić information content (AvgIpc) is 2.70. The first-order valence-corrected chi connectivity index (χ1v) is 8.78. The van der Waals surface area contributed by atoms with Crippen LogP contribution in [0.15, 0.2) is 58.8 Å². The molecule has 0 unspecified atom stereocenters. The third-order valence-corrected chi connectivity index (χ3v) is 4.12.